The van der Waals surface area contributed by atoms with E-state index in [1.807, 2.05) is 18.2 Å². The number of terminal acetylenes is 1. The molecular weight excluding hydrogens is 304 g/mol. The minimum Gasteiger partial charge on any atom is -0.408 e. The highest BCUT2D eigenvalue weighted by atomic mass is 16.6. The summed E-state index contributed by atoms with van der Waals surface area (Å²) in [6.07, 6.45) is 8.86. The third-order valence-electron chi connectivity index (χ3n) is 3.48. The average Bonchev–Trinajstić information content (AvgIpc) is 2.61. The van der Waals surface area contributed by atoms with Gasteiger partial charge in [-0.15, -0.1) is 0 Å². The first kappa shape index (κ1) is 15.3. The van der Waals surface area contributed by atoms with E-state index in [-0.39, 0.29) is 5.69 Å². The third-order valence-corrected chi connectivity index (χ3v) is 3.48. The average molecular weight is 316 g/mol. The molecule has 0 spiro atoms. The largest absolute Gasteiger partial charge is 0.408 e. The van der Waals surface area contributed by atoms with Crippen molar-refractivity contribution in [3.05, 3.63) is 76.3 Å². The molecular formula is C19H12N2O3. The van der Waals surface area contributed by atoms with Crippen molar-refractivity contribution in [3.63, 3.8) is 0 Å². The maximum Gasteiger partial charge on any atom is 0.270 e. The van der Waals surface area contributed by atoms with Crippen LogP contribution in [0.15, 0.2) is 65.7 Å². The number of ether oxygens (including phenoxy) is 1. The summed E-state index contributed by atoms with van der Waals surface area (Å²) >= 11 is 0. The van der Waals surface area contributed by atoms with Gasteiger partial charge < -0.3 is 4.74 Å². The number of hydrogen-bond donors (Lipinski definition) is 0. The molecule has 0 radical (unpaired) electrons. The Morgan fingerprint density at radius 1 is 1.12 bits per heavy atom. The molecule has 0 aliphatic rings. The number of benzene rings is 3. The normalized spacial score (nSPS) is 10.6. The molecule has 24 heavy (non-hydrogen) atoms. The Morgan fingerprint density at radius 2 is 1.92 bits per heavy atom. The van der Waals surface area contributed by atoms with Gasteiger partial charge in [0.25, 0.3) is 5.69 Å². The Hall–Kier alpha value is -3.65. The number of fused-ring (bicyclic) bond motifs is 1. The van der Waals surface area contributed by atoms with Crippen LogP contribution < -0.4 is 4.74 Å². The second-order valence-electron chi connectivity index (χ2n) is 4.98. The van der Waals surface area contributed by atoms with E-state index >= 15 is 0 Å². The molecule has 3 aromatic carbocycles. The van der Waals surface area contributed by atoms with Crippen LogP contribution in [0.4, 0.5) is 11.4 Å². The first-order chi connectivity index (χ1) is 11.7. The molecule has 3 rings (SSSR count). The van der Waals surface area contributed by atoms with Crippen LogP contribution in [-0.2, 0) is 0 Å². The maximum absolute atomic E-state index is 11.0. The van der Waals surface area contributed by atoms with Gasteiger partial charge in [0.1, 0.15) is 11.9 Å². The molecule has 116 valence electrons. The number of aliphatic imine (C=N–C) groups is 1. The van der Waals surface area contributed by atoms with Crippen molar-refractivity contribution >= 4 is 28.4 Å². The van der Waals surface area contributed by atoms with Gasteiger partial charge >= 0.3 is 0 Å². The number of nitro groups is 1. The summed E-state index contributed by atoms with van der Waals surface area (Å²) in [4.78, 5) is 15.0. The summed E-state index contributed by atoms with van der Waals surface area (Å²) in [6, 6.07) is 17.4. The lowest BCUT2D eigenvalue weighted by atomic mass is 10.0. The highest BCUT2D eigenvalue weighted by molar-refractivity contribution is 6.01. The topological polar surface area (TPSA) is 64.7 Å². The molecule has 0 saturated carbocycles. The fourth-order valence-electron chi connectivity index (χ4n) is 2.32. The molecule has 0 N–H and O–H groups in total. The van der Waals surface area contributed by atoms with E-state index in [2.05, 4.69) is 11.1 Å². The van der Waals surface area contributed by atoms with Gasteiger partial charge in [-0.05, 0) is 41.1 Å². The van der Waals surface area contributed by atoms with Gasteiger partial charge in [-0.2, -0.15) is 0 Å². The molecule has 0 aliphatic carbocycles. The lowest BCUT2D eigenvalue weighted by molar-refractivity contribution is -0.384. The zero-order chi connectivity index (χ0) is 16.9. The van der Waals surface area contributed by atoms with Crippen molar-refractivity contribution in [1.29, 1.82) is 0 Å². The quantitative estimate of drug-likeness (QED) is 0.309. The maximum atomic E-state index is 11.0. The van der Waals surface area contributed by atoms with Crippen LogP contribution in [-0.4, -0.2) is 11.1 Å². The van der Waals surface area contributed by atoms with Gasteiger partial charge in [-0.1, -0.05) is 24.6 Å². The van der Waals surface area contributed by atoms with E-state index in [9.17, 15) is 10.1 Å². The summed E-state index contributed by atoms with van der Waals surface area (Å²) in [5.41, 5.74) is 1.58. The Balaban J connectivity index is 1.95. The fraction of sp³-hybridized carbons (Fsp3) is 0. The van der Waals surface area contributed by atoms with Crippen LogP contribution in [0.25, 0.3) is 10.8 Å². The SMILES string of the molecule is C#COc1ccc(N=Cc2cccc3ccc([N+](=O)[O-])cc23)cc1. The highest BCUT2D eigenvalue weighted by Crippen LogP contribution is 2.24. The first-order valence-corrected chi connectivity index (χ1v) is 7.11. The molecule has 0 fully saturated rings. The minimum absolute atomic E-state index is 0.0548. The van der Waals surface area contributed by atoms with Crippen molar-refractivity contribution in [3.8, 4) is 18.3 Å². The minimum atomic E-state index is -0.405. The molecule has 0 saturated heterocycles. The Morgan fingerprint density at radius 3 is 2.62 bits per heavy atom. The molecule has 0 heterocycles. The molecule has 0 unspecified atom stereocenters. The van der Waals surface area contributed by atoms with E-state index in [0.717, 1.165) is 22.0 Å². The van der Waals surface area contributed by atoms with E-state index in [1.54, 1.807) is 42.6 Å². The molecule has 0 amide bonds. The second-order valence-corrected chi connectivity index (χ2v) is 4.98. The summed E-state index contributed by atoms with van der Waals surface area (Å²) < 4.78 is 4.93. The van der Waals surface area contributed by atoms with Gasteiger partial charge in [0.05, 0.1) is 10.6 Å². The van der Waals surface area contributed by atoms with Crippen molar-refractivity contribution in [2.24, 2.45) is 4.99 Å². The zero-order valence-electron chi connectivity index (χ0n) is 12.5. The standard InChI is InChI=1S/C19H12N2O3/c1-2-24-18-10-7-16(8-11-18)20-13-15-5-3-4-14-6-9-17(21(22)23)12-19(14)15/h1,3-13H. The summed E-state index contributed by atoms with van der Waals surface area (Å²) in [5, 5.41) is 12.7. The van der Waals surface area contributed by atoms with Gasteiger partial charge in [0.2, 0.25) is 0 Å². The van der Waals surface area contributed by atoms with E-state index in [1.165, 1.54) is 6.07 Å². The summed E-state index contributed by atoms with van der Waals surface area (Å²) in [7, 11) is 0. The van der Waals surface area contributed by atoms with Gasteiger partial charge in [0.15, 0.2) is 0 Å². The number of non-ortho nitro benzene ring substituents is 1. The van der Waals surface area contributed by atoms with Crippen LogP contribution in [0.1, 0.15) is 5.56 Å². The monoisotopic (exact) mass is 316 g/mol. The third kappa shape index (κ3) is 3.23. The lowest BCUT2D eigenvalue weighted by Crippen LogP contribution is -1.90. The number of nitrogens with zero attached hydrogens (tertiary/aromatic N) is 2. The summed E-state index contributed by atoms with van der Waals surface area (Å²) in [6.45, 7) is 0. The fourth-order valence-corrected chi connectivity index (χ4v) is 2.32. The van der Waals surface area contributed by atoms with Crippen LogP contribution in [0, 0.1) is 22.6 Å². The van der Waals surface area contributed by atoms with E-state index < -0.39 is 4.92 Å². The van der Waals surface area contributed by atoms with Gasteiger partial charge in [-0.25, -0.2) is 0 Å². The van der Waals surface area contributed by atoms with E-state index in [0.29, 0.717) is 5.75 Å². The molecule has 0 aromatic heterocycles. The highest BCUT2D eigenvalue weighted by Gasteiger charge is 2.07. The number of rotatable bonds is 4. The first-order valence-electron chi connectivity index (χ1n) is 7.11. The molecule has 5 nitrogen and oxygen atoms in total. The zero-order valence-corrected chi connectivity index (χ0v) is 12.5. The van der Waals surface area contributed by atoms with Crippen LogP contribution >= 0.6 is 0 Å². The second kappa shape index (κ2) is 6.63. The molecule has 0 atom stereocenters. The van der Waals surface area contributed by atoms with Crippen molar-refractivity contribution in [2.45, 2.75) is 0 Å². The van der Waals surface area contributed by atoms with Crippen molar-refractivity contribution in [2.75, 3.05) is 0 Å². The van der Waals surface area contributed by atoms with Crippen molar-refractivity contribution < 1.29 is 9.66 Å². The Kier molecular flexibility index (Phi) is 4.21. The van der Waals surface area contributed by atoms with Crippen LogP contribution in [0.2, 0.25) is 0 Å². The van der Waals surface area contributed by atoms with Gasteiger partial charge in [0, 0.05) is 23.9 Å². The molecule has 0 aliphatic heterocycles. The Labute approximate surface area is 138 Å². The van der Waals surface area contributed by atoms with Crippen molar-refractivity contribution in [1.82, 2.24) is 0 Å². The smallest absolute Gasteiger partial charge is 0.270 e. The predicted molar refractivity (Wildman–Crippen MR) is 93.8 cm³/mol. The van der Waals surface area contributed by atoms with Crippen LogP contribution in [0.3, 0.4) is 0 Å². The predicted octanol–water partition coefficient (Wildman–Crippen LogP) is 4.47. The van der Waals surface area contributed by atoms with Gasteiger partial charge in [-0.3, -0.25) is 15.1 Å². The van der Waals surface area contributed by atoms with Crippen LogP contribution in [0.5, 0.6) is 5.75 Å². The summed E-state index contributed by atoms with van der Waals surface area (Å²) in [5.74, 6) is 0.567. The molecule has 3 aromatic rings. The molecule has 5 heteroatoms. The lowest BCUT2D eigenvalue weighted by Gasteiger charge is -2.02. The number of hydrogen-bond acceptors (Lipinski definition) is 4. The van der Waals surface area contributed by atoms with E-state index in [4.69, 9.17) is 11.2 Å². The molecule has 0 bridgehead atoms. The Bertz CT molecular complexity index is 970. The number of nitro benzene ring substituents is 1.